The van der Waals surface area contributed by atoms with Crippen LogP contribution in [-0.2, 0) is 0 Å². The van der Waals surface area contributed by atoms with E-state index in [9.17, 15) is 0 Å². The molecule has 0 aromatic heterocycles. The maximum atomic E-state index is 2.21. The van der Waals surface area contributed by atoms with E-state index in [1.807, 2.05) is 47.0 Å². The van der Waals surface area contributed by atoms with Crippen LogP contribution in [0.25, 0.3) is 0 Å². The topological polar surface area (TPSA) is 0 Å². The van der Waals surface area contributed by atoms with Gasteiger partial charge < -0.3 is 0 Å². The molecule has 0 saturated heterocycles. The molecule has 0 aliphatic carbocycles. The normalized spacial score (nSPS) is 11.1. The van der Waals surface area contributed by atoms with Gasteiger partial charge in [-0.2, -0.15) is 0 Å². The highest BCUT2D eigenvalue weighted by Gasteiger charge is 2.26. The first-order chi connectivity index (χ1) is 14.9. The maximum Gasteiger partial charge on any atom is 0.0813 e. The van der Waals surface area contributed by atoms with Gasteiger partial charge in [0.15, 0.2) is 0 Å². The zero-order valence-electron chi connectivity index (χ0n) is 16.3. The Kier molecular flexibility index (Phi) is 8.33. The fraction of sp³-hybridized carbons (Fsp3) is 0.0769. The minimum absolute atomic E-state index is 0.338. The summed E-state index contributed by atoms with van der Waals surface area (Å²) in [7, 11) is 0. The van der Waals surface area contributed by atoms with E-state index < -0.39 is 0 Å². The summed E-state index contributed by atoms with van der Waals surface area (Å²) in [5.41, 5.74) is 0. The van der Waals surface area contributed by atoms with Crippen LogP contribution < -0.4 is 0 Å². The molecular weight excluding hydrogens is 441 g/mol. The number of hydrogen-bond acceptors (Lipinski definition) is 4. The number of rotatable bonds is 9. The maximum absolute atomic E-state index is 2.21. The van der Waals surface area contributed by atoms with Gasteiger partial charge in [-0.1, -0.05) is 72.8 Å². The number of thioether (sulfide) groups is 4. The summed E-state index contributed by atoms with van der Waals surface area (Å²) >= 11 is 7.81. The largest absolute Gasteiger partial charge is 0.109 e. The van der Waals surface area contributed by atoms with Gasteiger partial charge in [-0.25, -0.2) is 0 Å². The van der Waals surface area contributed by atoms with Crippen LogP contribution in [0.15, 0.2) is 141 Å². The van der Waals surface area contributed by atoms with E-state index in [1.165, 1.54) is 19.6 Å². The molecule has 4 aromatic rings. The molecule has 30 heavy (non-hydrogen) atoms. The number of hydrogen-bond donors (Lipinski definition) is 0. The third kappa shape index (κ3) is 6.64. The first kappa shape index (κ1) is 21.5. The van der Waals surface area contributed by atoms with Gasteiger partial charge in [0.2, 0.25) is 0 Å². The SMILES string of the molecule is c1ccc(SC(Sc2ccccc2)C(Sc2ccccc2)Sc2ccccc2)cc1. The lowest BCUT2D eigenvalue weighted by Gasteiger charge is -2.26. The molecule has 4 aromatic carbocycles. The highest BCUT2D eigenvalue weighted by molar-refractivity contribution is 8.23. The van der Waals surface area contributed by atoms with Gasteiger partial charge in [0.25, 0.3) is 0 Å². The molecule has 0 atom stereocenters. The Morgan fingerprint density at radius 3 is 0.700 bits per heavy atom. The van der Waals surface area contributed by atoms with Gasteiger partial charge in [0, 0.05) is 19.6 Å². The first-order valence-electron chi connectivity index (χ1n) is 9.74. The predicted molar refractivity (Wildman–Crippen MR) is 137 cm³/mol. The summed E-state index contributed by atoms with van der Waals surface area (Å²) in [6.45, 7) is 0. The van der Waals surface area contributed by atoms with Crippen molar-refractivity contribution in [3.63, 3.8) is 0 Å². The quantitative estimate of drug-likeness (QED) is 0.180. The Labute approximate surface area is 196 Å². The summed E-state index contributed by atoms with van der Waals surface area (Å²) in [4.78, 5) is 5.22. The van der Waals surface area contributed by atoms with Gasteiger partial charge in [-0.3, -0.25) is 0 Å². The standard InChI is InChI=1S/C26H22S4/c1-5-13-21(14-6-1)27-25(28-22-15-7-2-8-16-22)26(29-23-17-9-3-10-18-23)30-24-19-11-4-12-20-24/h1-20,25-26H. The van der Waals surface area contributed by atoms with Gasteiger partial charge in [0.05, 0.1) is 9.16 Å². The van der Waals surface area contributed by atoms with Crippen LogP contribution in [-0.4, -0.2) is 9.16 Å². The van der Waals surface area contributed by atoms with E-state index >= 15 is 0 Å². The van der Waals surface area contributed by atoms with Crippen molar-refractivity contribution in [2.75, 3.05) is 0 Å². The van der Waals surface area contributed by atoms with E-state index in [1.54, 1.807) is 0 Å². The Hall–Kier alpha value is -1.72. The summed E-state index contributed by atoms with van der Waals surface area (Å²) < 4.78 is 0.676. The lowest BCUT2D eigenvalue weighted by atomic mass is 10.4. The summed E-state index contributed by atoms with van der Waals surface area (Å²) in [5.74, 6) is 0. The third-order valence-corrected chi connectivity index (χ3v) is 10.2. The van der Waals surface area contributed by atoms with E-state index in [2.05, 4.69) is 121 Å². The Balaban J connectivity index is 1.64. The van der Waals surface area contributed by atoms with E-state index in [0.29, 0.717) is 9.16 Å². The van der Waals surface area contributed by atoms with Gasteiger partial charge in [-0.05, 0) is 48.5 Å². The molecule has 4 rings (SSSR count). The van der Waals surface area contributed by atoms with Crippen molar-refractivity contribution < 1.29 is 0 Å². The van der Waals surface area contributed by atoms with Crippen LogP contribution in [0.5, 0.6) is 0 Å². The van der Waals surface area contributed by atoms with Crippen LogP contribution >= 0.6 is 47.0 Å². The molecule has 0 N–H and O–H groups in total. The molecule has 0 amide bonds. The summed E-state index contributed by atoms with van der Waals surface area (Å²) in [6, 6.07) is 43.0. The van der Waals surface area contributed by atoms with Gasteiger partial charge >= 0.3 is 0 Å². The first-order valence-corrected chi connectivity index (χ1v) is 13.3. The molecule has 0 nitrogen and oxygen atoms in total. The van der Waals surface area contributed by atoms with Crippen molar-refractivity contribution in [2.24, 2.45) is 0 Å². The molecule has 0 bridgehead atoms. The second-order valence-corrected chi connectivity index (χ2v) is 11.9. The second-order valence-electron chi connectivity index (χ2n) is 6.46. The summed E-state index contributed by atoms with van der Waals surface area (Å²) in [5, 5.41) is 0. The van der Waals surface area contributed by atoms with Crippen LogP contribution in [0, 0.1) is 0 Å². The molecule has 0 aliphatic rings. The minimum atomic E-state index is 0.338. The highest BCUT2D eigenvalue weighted by atomic mass is 32.2. The molecule has 0 spiro atoms. The Bertz CT molecular complexity index is 824. The van der Waals surface area contributed by atoms with Crippen LogP contribution in [0.2, 0.25) is 0 Å². The zero-order chi connectivity index (χ0) is 20.4. The van der Waals surface area contributed by atoms with Crippen LogP contribution in [0.3, 0.4) is 0 Å². The lowest BCUT2D eigenvalue weighted by molar-refractivity contribution is 1.29. The molecule has 4 heteroatoms. The average Bonchev–Trinajstić information content (AvgIpc) is 2.81. The highest BCUT2D eigenvalue weighted by Crippen LogP contribution is 2.48. The van der Waals surface area contributed by atoms with E-state index in [4.69, 9.17) is 0 Å². The third-order valence-electron chi connectivity index (χ3n) is 4.20. The van der Waals surface area contributed by atoms with E-state index in [0.717, 1.165) is 0 Å². The lowest BCUT2D eigenvalue weighted by Crippen LogP contribution is -2.13. The monoisotopic (exact) mass is 462 g/mol. The molecule has 0 fully saturated rings. The van der Waals surface area contributed by atoms with Crippen molar-refractivity contribution in [1.82, 2.24) is 0 Å². The van der Waals surface area contributed by atoms with Crippen molar-refractivity contribution in [2.45, 2.75) is 28.7 Å². The average molecular weight is 463 g/mol. The van der Waals surface area contributed by atoms with Crippen molar-refractivity contribution >= 4 is 47.0 Å². The van der Waals surface area contributed by atoms with Crippen molar-refractivity contribution in [1.29, 1.82) is 0 Å². The minimum Gasteiger partial charge on any atom is -0.109 e. The molecule has 0 unspecified atom stereocenters. The van der Waals surface area contributed by atoms with Gasteiger partial charge in [0.1, 0.15) is 0 Å². The fourth-order valence-electron chi connectivity index (χ4n) is 2.80. The van der Waals surface area contributed by atoms with Crippen molar-refractivity contribution in [3.05, 3.63) is 121 Å². The van der Waals surface area contributed by atoms with Crippen LogP contribution in [0.4, 0.5) is 0 Å². The van der Waals surface area contributed by atoms with Gasteiger partial charge in [-0.15, -0.1) is 47.0 Å². The fourth-order valence-corrected chi connectivity index (χ4v) is 8.63. The molecule has 0 saturated carbocycles. The zero-order valence-corrected chi connectivity index (χ0v) is 19.6. The molecule has 0 heterocycles. The Morgan fingerprint density at radius 1 is 0.300 bits per heavy atom. The van der Waals surface area contributed by atoms with Crippen LogP contribution in [0.1, 0.15) is 0 Å². The second kappa shape index (κ2) is 11.6. The van der Waals surface area contributed by atoms with E-state index in [-0.39, 0.29) is 0 Å². The number of benzene rings is 4. The smallest absolute Gasteiger partial charge is 0.0813 e. The molecule has 0 radical (unpaired) electrons. The van der Waals surface area contributed by atoms with Crippen molar-refractivity contribution in [3.8, 4) is 0 Å². The predicted octanol–water partition coefficient (Wildman–Crippen LogP) is 8.81. The molecule has 150 valence electrons. The molecular formula is C26H22S4. The summed E-state index contributed by atoms with van der Waals surface area (Å²) in [6.07, 6.45) is 0. The molecule has 0 aliphatic heterocycles. The Morgan fingerprint density at radius 2 is 0.500 bits per heavy atom.